The zero-order valence-electron chi connectivity index (χ0n) is 17.7. The number of aryl methyl sites for hydroxylation is 1. The van der Waals surface area contributed by atoms with Gasteiger partial charge in [-0.05, 0) is 82.1 Å². The van der Waals surface area contributed by atoms with Crippen molar-refractivity contribution in [2.75, 3.05) is 0 Å². The van der Waals surface area contributed by atoms with E-state index in [9.17, 15) is 0 Å². The van der Waals surface area contributed by atoms with Gasteiger partial charge in [0, 0.05) is 17.7 Å². The molecule has 1 heteroatoms. The quantitative estimate of drug-likeness (QED) is 0.350. The van der Waals surface area contributed by atoms with Gasteiger partial charge >= 0.3 is 0 Å². The van der Waals surface area contributed by atoms with Crippen LogP contribution in [0.4, 0.5) is 0 Å². The Morgan fingerprint density at radius 2 is 1.57 bits per heavy atom. The summed E-state index contributed by atoms with van der Waals surface area (Å²) in [4.78, 5) is 0. The number of hydrogen-bond donors (Lipinski definition) is 1. The smallest absolute Gasteiger partial charge is 0.0285 e. The lowest BCUT2D eigenvalue weighted by Gasteiger charge is -2.22. The molecule has 1 aliphatic carbocycles. The predicted octanol–water partition coefficient (Wildman–Crippen LogP) is 7.59. The highest BCUT2D eigenvalue weighted by molar-refractivity contribution is 6.07. The van der Waals surface area contributed by atoms with E-state index < -0.39 is 0 Å². The first-order valence-electron chi connectivity index (χ1n) is 10.5. The van der Waals surface area contributed by atoms with Crippen LogP contribution in [0.1, 0.15) is 44.9 Å². The molecular weight excluding hydrogens is 362 g/mol. The van der Waals surface area contributed by atoms with Crippen molar-refractivity contribution in [3.63, 3.8) is 0 Å². The summed E-state index contributed by atoms with van der Waals surface area (Å²) in [7, 11) is 0. The molecule has 0 aromatic heterocycles. The van der Waals surface area contributed by atoms with Gasteiger partial charge in [-0.1, -0.05) is 72.8 Å². The number of nitrogens with one attached hydrogen (secondary N) is 1. The predicted molar refractivity (Wildman–Crippen MR) is 129 cm³/mol. The van der Waals surface area contributed by atoms with Crippen molar-refractivity contribution in [2.45, 2.75) is 26.7 Å². The normalized spacial score (nSPS) is 14.8. The SMILES string of the molecule is Cc1ccc(-c2c(C=N)c(C3C=Cc4ccccc43)cc3ccccc23)c(C)c1C. The molecule has 146 valence electrons. The molecule has 0 amide bonds. The standard InChI is InChI=1S/C29H25N/c1-18-12-14-23(20(3)19(18)2)29-25-11-7-5-9-22(25)16-27(28(29)17-30)26-15-13-21-8-4-6-10-24(21)26/h4-17,26,30H,1-3H3. The van der Waals surface area contributed by atoms with Crippen LogP contribution in [0, 0.1) is 26.2 Å². The molecule has 0 heterocycles. The topological polar surface area (TPSA) is 23.9 Å². The van der Waals surface area contributed by atoms with E-state index in [2.05, 4.69) is 99.7 Å². The summed E-state index contributed by atoms with van der Waals surface area (Å²) in [6, 6.07) is 23.9. The van der Waals surface area contributed by atoms with Gasteiger partial charge in [-0.2, -0.15) is 0 Å². The Bertz CT molecular complexity index is 1340. The van der Waals surface area contributed by atoms with Gasteiger partial charge in [0.15, 0.2) is 0 Å². The molecule has 30 heavy (non-hydrogen) atoms. The fourth-order valence-electron chi connectivity index (χ4n) is 4.84. The highest BCUT2D eigenvalue weighted by Gasteiger charge is 2.24. The van der Waals surface area contributed by atoms with Gasteiger partial charge in [-0.15, -0.1) is 0 Å². The van der Waals surface area contributed by atoms with Crippen LogP contribution in [-0.4, -0.2) is 6.21 Å². The summed E-state index contributed by atoms with van der Waals surface area (Å²) < 4.78 is 0. The lowest BCUT2D eigenvalue weighted by Crippen LogP contribution is -2.04. The van der Waals surface area contributed by atoms with E-state index in [0.29, 0.717) is 0 Å². The number of benzene rings is 4. The first-order chi connectivity index (χ1) is 14.6. The maximum atomic E-state index is 8.42. The molecule has 0 spiro atoms. The van der Waals surface area contributed by atoms with Crippen molar-refractivity contribution in [3.8, 4) is 11.1 Å². The molecule has 0 aliphatic heterocycles. The third kappa shape index (κ3) is 2.74. The van der Waals surface area contributed by atoms with Crippen LogP contribution in [-0.2, 0) is 0 Å². The van der Waals surface area contributed by atoms with Crippen molar-refractivity contribution >= 4 is 23.1 Å². The fourth-order valence-corrected chi connectivity index (χ4v) is 4.84. The summed E-state index contributed by atoms with van der Waals surface area (Å²) >= 11 is 0. The number of fused-ring (bicyclic) bond motifs is 2. The molecular formula is C29H25N. The molecule has 1 unspecified atom stereocenters. The Morgan fingerprint density at radius 1 is 0.800 bits per heavy atom. The monoisotopic (exact) mass is 387 g/mol. The molecule has 0 saturated carbocycles. The van der Waals surface area contributed by atoms with Gasteiger partial charge in [-0.3, -0.25) is 0 Å². The molecule has 1 nitrogen and oxygen atoms in total. The molecule has 0 fully saturated rings. The number of hydrogen-bond acceptors (Lipinski definition) is 1. The first-order valence-corrected chi connectivity index (χ1v) is 10.5. The van der Waals surface area contributed by atoms with Crippen LogP contribution in [0.5, 0.6) is 0 Å². The lowest BCUT2D eigenvalue weighted by atomic mass is 9.81. The molecule has 0 saturated heterocycles. The van der Waals surface area contributed by atoms with Crippen molar-refractivity contribution in [1.82, 2.24) is 0 Å². The minimum absolute atomic E-state index is 0.174. The highest BCUT2D eigenvalue weighted by atomic mass is 14.4. The second-order valence-electron chi connectivity index (χ2n) is 8.27. The molecule has 1 N–H and O–H groups in total. The third-order valence-electron chi connectivity index (χ3n) is 6.73. The number of allylic oxidation sites excluding steroid dienone is 1. The van der Waals surface area contributed by atoms with Gasteiger partial charge in [0.1, 0.15) is 0 Å². The number of rotatable bonds is 3. The zero-order valence-corrected chi connectivity index (χ0v) is 17.7. The molecule has 0 radical (unpaired) electrons. The van der Waals surface area contributed by atoms with Crippen molar-refractivity contribution in [1.29, 1.82) is 5.41 Å². The molecule has 1 aliphatic rings. The Labute approximate surface area is 178 Å². The van der Waals surface area contributed by atoms with Crippen LogP contribution >= 0.6 is 0 Å². The van der Waals surface area contributed by atoms with Gasteiger partial charge < -0.3 is 5.41 Å². The maximum Gasteiger partial charge on any atom is 0.0285 e. The van der Waals surface area contributed by atoms with Gasteiger partial charge in [0.2, 0.25) is 0 Å². The fraction of sp³-hybridized carbons (Fsp3) is 0.138. The average Bonchev–Trinajstić information content (AvgIpc) is 3.20. The second kappa shape index (κ2) is 7.11. The van der Waals surface area contributed by atoms with E-state index in [1.807, 2.05) is 0 Å². The van der Waals surface area contributed by atoms with Crippen LogP contribution in [0.3, 0.4) is 0 Å². The van der Waals surface area contributed by atoms with Gasteiger partial charge in [0.25, 0.3) is 0 Å². The summed E-state index contributed by atoms with van der Waals surface area (Å²) in [5, 5.41) is 10.9. The van der Waals surface area contributed by atoms with E-state index in [-0.39, 0.29) is 5.92 Å². The van der Waals surface area contributed by atoms with E-state index >= 15 is 0 Å². The van der Waals surface area contributed by atoms with E-state index in [1.54, 1.807) is 6.21 Å². The average molecular weight is 388 g/mol. The second-order valence-corrected chi connectivity index (χ2v) is 8.27. The summed E-state index contributed by atoms with van der Waals surface area (Å²) in [6.07, 6.45) is 6.04. The van der Waals surface area contributed by atoms with Gasteiger partial charge in [-0.25, -0.2) is 0 Å². The Balaban J connectivity index is 1.87. The van der Waals surface area contributed by atoms with E-state index in [0.717, 1.165) is 5.56 Å². The summed E-state index contributed by atoms with van der Waals surface area (Å²) in [6.45, 7) is 6.57. The van der Waals surface area contributed by atoms with Crippen LogP contribution < -0.4 is 0 Å². The summed E-state index contributed by atoms with van der Waals surface area (Å²) in [5.41, 5.74) is 11.1. The van der Waals surface area contributed by atoms with Crippen molar-refractivity contribution < 1.29 is 0 Å². The molecule has 5 rings (SSSR count). The van der Waals surface area contributed by atoms with E-state index in [4.69, 9.17) is 5.41 Å². The molecule has 4 aromatic carbocycles. The lowest BCUT2D eigenvalue weighted by molar-refractivity contribution is 1.05. The van der Waals surface area contributed by atoms with E-state index in [1.165, 1.54) is 55.3 Å². The first kappa shape index (κ1) is 18.6. The Kier molecular flexibility index (Phi) is 4.40. The van der Waals surface area contributed by atoms with Crippen LogP contribution in [0.15, 0.2) is 72.8 Å². The third-order valence-corrected chi connectivity index (χ3v) is 6.73. The minimum atomic E-state index is 0.174. The minimum Gasteiger partial charge on any atom is -0.308 e. The van der Waals surface area contributed by atoms with Gasteiger partial charge in [0.05, 0.1) is 0 Å². The maximum absolute atomic E-state index is 8.42. The van der Waals surface area contributed by atoms with Crippen LogP contribution in [0.25, 0.3) is 28.0 Å². The Hall–Kier alpha value is -3.45. The van der Waals surface area contributed by atoms with Crippen molar-refractivity contribution in [3.05, 3.63) is 112 Å². The summed E-state index contributed by atoms with van der Waals surface area (Å²) in [5.74, 6) is 0.174. The Morgan fingerprint density at radius 3 is 2.40 bits per heavy atom. The molecule has 4 aromatic rings. The van der Waals surface area contributed by atoms with Crippen LogP contribution in [0.2, 0.25) is 0 Å². The zero-order chi connectivity index (χ0) is 20.8. The van der Waals surface area contributed by atoms with Crippen molar-refractivity contribution in [2.24, 2.45) is 0 Å². The molecule has 0 bridgehead atoms. The highest BCUT2D eigenvalue weighted by Crippen LogP contribution is 2.43. The molecule has 1 atom stereocenters. The largest absolute Gasteiger partial charge is 0.308 e.